The minimum Gasteiger partial charge on any atom is -0.477 e. The summed E-state index contributed by atoms with van der Waals surface area (Å²) in [6.45, 7) is 4.36. The van der Waals surface area contributed by atoms with Gasteiger partial charge in [0, 0.05) is 31.4 Å². The number of nitrogens with two attached hydrogens (primary N) is 1. The molecule has 0 unspecified atom stereocenters. The summed E-state index contributed by atoms with van der Waals surface area (Å²) in [5, 5.41) is 9.19. The van der Waals surface area contributed by atoms with E-state index >= 15 is 0 Å². The zero-order chi connectivity index (χ0) is 15.8. The number of aromatic carboxylic acids is 1. The van der Waals surface area contributed by atoms with E-state index in [0.29, 0.717) is 25.9 Å². The van der Waals surface area contributed by atoms with Crippen molar-refractivity contribution in [2.75, 3.05) is 13.1 Å². The fraction of sp³-hybridized carbons (Fsp3) is 0.615. The molecule has 0 aromatic carbocycles. The van der Waals surface area contributed by atoms with Crippen molar-refractivity contribution in [2.45, 2.75) is 43.7 Å². The molecule has 0 radical (unpaired) electrons. The van der Waals surface area contributed by atoms with Crippen molar-refractivity contribution < 1.29 is 18.3 Å². The molecule has 0 atom stereocenters. The minimum absolute atomic E-state index is 0.0164. The molecule has 118 valence electrons. The van der Waals surface area contributed by atoms with Crippen molar-refractivity contribution in [1.29, 1.82) is 0 Å². The molecular formula is C13H21N3O4S. The van der Waals surface area contributed by atoms with E-state index in [9.17, 15) is 18.3 Å². The maximum atomic E-state index is 12.6. The second kappa shape index (κ2) is 5.78. The van der Waals surface area contributed by atoms with Crippen LogP contribution in [-0.4, -0.2) is 47.5 Å². The predicted molar refractivity (Wildman–Crippen MR) is 77.7 cm³/mol. The average molecular weight is 315 g/mol. The molecule has 1 saturated heterocycles. The molecule has 0 spiro atoms. The third kappa shape index (κ3) is 3.12. The molecule has 0 bridgehead atoms. The fourth-order valence-corrected chi connectivity index (χ4v) is 3.96. The van der Waals surface area contributed by atoms with Crippen molar-refractivity contribution in [3.63, 3.8) is 0 Å². The van der Waals surface area contributed by atoms with Crippen LogP contribution in [-0.2, 0) is 10.0 Å². The second-order valence-electron chi connectivity index (χ2n) is 5.61. The van der Waals surface area contributed by atoms with Gasteiger partial charge in [0.05, 0.1) is 0 Å². The number of carbonyl (C=O) groups is 1. The molecule has 8 heteroatoms. The Labute approximate surface area is 124 Å². The zero-order valence-corrected chi connectivity index (χ0v) is 13.0. The number of carboxylic acid groups (broad SMARTS) is 1. The van der Waals surface area contributed by atoms with E-state index in [0.717, 1.165) is 0 Å². The standard InChI is InChI=1S/C13H21N3O4S/c1-9(2)16-8-11(7-12(16)13(17)18)21(19,20)15-5-3-10(14)4-6-15/h7-10H,3-6,14H2,1-2H3,(H,17,18). The topological polar surface area (TPSA) is 106 Å². The Balaban J connectivity index is 2.36. The number of rotatable bonds is 4. The molecule has 1 aliphatic heterocycles. The molecule has 7 nitrogen and oxygen atoms in total. The van der Waals surface area contributed by atoms with Gasteiger partial charge in [-0.2, -0.15) is 4.31 Å². The molecule has 2 rings (SSSR count). The Morgan fingerprint density at radius 1 is 1.38 bits per heavy atom. The summed E-state index contributed by atoms with van der Waals surface area (Å²) >= 11 is 0. The number of hydrogen-bond acceptors (Lipinski definition) is 4. The maximum Gasteiger partial charge on any atom is 0.352 e. The number of sulfonamides is 1. The molecule has 0 saturated carbocycles. The first-order chi connectivity index (χ1) is 9.73. The first-order valence-electron chi connectivity index (χ1n) is 6.94. The Morgan fingerprint density at radius 2 is 1.95 bits per heavy atom. The summed E-state index contributed by atoms with van der Waals surface area (Å²) in [5.41, 5.74) is 5.77. The molecule has 3 N–H and O–H groups in total. The lowest BCUT2D eigenvalue weighted by molar-refractivity contribution is 0.0683. The van der Waals surface area contributed by atoms with Gasteiger partial charge in [0.25, 0.3) is 0 Å². The highest BCUT2D eigenvalue weighted by Crippen LogP contribution is 2.24. The number of hydrogen-bond donors (Lipinski definition) is 2. The third-order valence-electron chi connectivity index (χ3n) is 3.74. The Kier molecular flexibility index (Phi) is 4.40. The van der Waals surface area contributed by atoms with Crippen molar-refractivity contribution in [3.05, 3.63) is 18.0 Å². The van der Waals surface area contributed by atoms with E-state index in [1.165, 1.54) is 21.1 Å². The van der Waals surface area contributed by atoms with E-state index in [1.807, 2.05) is 13.8 Å². The molecule has 1 aliphatic rings. The van der Waals surface area contributed by atoms with Gasteiger partial charge in [0.15, 0.2) is 0 Å². The molecule has 1 aromatic rings. The van der Waals surface area contributed by atoms with Crippen LogP contribution in [0, 0.1) is 0 Å². The molecule has 0 amide bonds. The average Bonchev–Trinajstić information content (AvgIpc) is 2.85. The van der Waals surface area contributed by atoms with Crippen LogP contribution >= 0.6 is 0 Å². The first kappa shape index (κ1) is 16.0. The number of aromatic nitrogens is 1. The molecule has 1 fully saturated rings. The van der Waals surface area contributed by atoms with Crippen LogP contribution in [0.5, 0.6) is 0 Å². The van der Waals surface area contributed by atoms with E-state index in [2.05, 4.69) is 0 Å². The first-order valence-corrected chi connectivity index (χ1v) is 8.38. The monoisotopic (exact) mass is 315 g/mol. The van der Waals surface area contributed by atoms with Gasteiger partial charge in [0.2, 0.25) is 10.0 Å². The van der Waals surface area contributed by atoms with E-state index in [4.69, 9.17) is 5.73 Å². The maximum absolute atomic E-state index is 12.6. The van der Waals surface area contributed by atoms with Crippen LogP contribution in [0.15, 0.2) is 17.2 Å². The summed E-state index contributed by atoms with van der Waals surface area (Å²) in [4.78, 5) is 11.3. The third-order valence-corrected chi connectivity index (χ3v) is 5.60. The van der Waals surface area contributed by atoms with Gasteiger partial charge in [0.1, 0.15) is 10.6 Å². The molecule has 1 aromatic heterocycles. The van der Waals surface area contributed by atoms with E-state index in [-0.39, 0.29) is 22.7 Å². The Morgan fingerprint density at radius 3 is 2.38 bits per heavy atom. The van der Waals surface area contributed by atoms with Gasteiger partial charge < -0.3 is 15.4 Å². The molecule has 21 heavy (non-hydrogen) atoms. The quantitative estimate of drug-likeness (QED) is 0.858. The smallest absolute Gasteiger partial charge is 0.352 e. The van der Waals surface area contributed by atoms with Crippen LogP contribution < -0.4 is 5.73 Å². The number of nitrogens with zero attached hydrogens (tertiary/aromatic N) is 2. The lowest BCUT2D eigenvalue weighted by Gasteiger charge is -2.28. The van der Waals surface area contributed by atoms with Crippen LogP contribution in [0.3, 0.4) is 0 Å². The SMILES string of the molecule is CC(C)n1cc(S(=O)(=O)N2CCC(N)CC2)cc1C(=O)O. The molecule has 0 aliphatic carbocycles. The van der Waals surface area contributed by atoms with Crippen molar-refractivity contribution in [1.82, 2.24) is 8.87 Å². The highest BCUT2D eigenvalue weighted by molar-refractivity contribution is 7.89. The largest absolute Gasteiger partial charge is 0.477 e. The lowest BCUT2D eigenvalue weighted by Crippen LogP contribution is -2.42. The second-order valence-corrected chi connectivity index (χ2v) is 7.55. The minimum atomic E-state index is -3.66. The van der Waals surface area contributed by atoms with Gasteiger partial charge in [-0.25, -0.2) is 13.2 Å². The number of piperidine rings is 1. The van der Waals surface area contributed by atoms with Crippen molar-refractivity contribution >= 4 is 16.0 Å². The zero-order valence-electron chi connectivity index (χ0n) is 12.2. The normalized spacial score (nSPS) is 18.3. The van der Waals surface area contributed by atoms with E-state index in [1.54, 1.807) is 0 Å². The van der Waals surface area contributed by atoms with Crippen molar-refractivity contribution in [2.24, 2.45) is 5.73 Å². The summed E-state index contributed by atoms with van der Waals surface area (Å²) in [7, 11) is -3.66. The van der Waals surface area contributed by atoms with Crippen LogP contribution in [0.1, 0.15) is 43.2 Å². The molecular weight excluding hydrogens is 294 g/mol. The summed E-state index contributed by atoms with van der Waals surface area (Å²) < 4.78 is 28.0. The summed E-state index contributed by atoms with van der Waals surface area (Å²) in [6, 6.07) is 1.13. The van der Waals surface area contributed by atoms with Gasteiger partial charge in [-0.1, -0.05) is 0 Å². The van der Waals surface area contributed by atoms with E-state index < -0.39 is 16.0 Å². The Hall–Kier alpha value is -1.38. The van der Waals surface area contributed by atoms with Crippen LogP contribution in [0.4, 0.5) is 0 Å². The van der Waals surface area contributed by atoms with Gasteiger partial charge in [-0.05, 0) is 32.8 Å². The van der Waals surface area contributed by atoms with Crippen LogP contribution in [0.25, 0.3) is 0 Å². The van der Waals surface area contributed by atoms with Gasteiger partial charge in [-0.3, -0.25) is 0 Å². The van der Waals surface area contributed by atoms with Crippen molar-refractivity contribution in [3.8, 4) is 0 Å². The van der Waals surface area contributed by atoms with Gasteiger partial charge in [-0.15, -0.1) is 0 Å². The highest BCUT2D eigenvalue weighted by atomic mass is 32.2. The highest BCUT2D eigenvalue weighted by Gasteiger charge is 2.30. The number of carboxylic acids is 1. The summed E-state index contributed by atoms with van der Waals surface area (Å²) in [6.07, 6.45) is 2.64. The lowest BCUT2D eigenvalue weighted by atomic mass is 10.1. The Bertz CT molecular complexity index is 628. The van der Waals surface area contributed by atoms with Gasteiger partial charge >= 0.3 is 5.97 Å². The summed E-state index contributed by atoms with van der Waals surface area (Å²) in [5.74, 6) is -1.13. The predicted octanol–water partition coefficient (Wildman–Crippen LogP) is 0.879. The van der Waals surface area contributed by atoms with Crippen LogP contribution in [0.2, 0.25) is 0 Å². The molecule has 2 heterocycles. The fourth-order valence-electron chi connectivity index (χ4n) is 2.46.